The van der Waals surface area contributed by atoms with Crippen LogP contribution >= 0.6 is 0 Å². The number of imidazole rings is 1. The van der Waals surface area contributed by atoms with Gasteiger partial charge in [-0.3, -0.25) is 9.98 Å². The van der Waals surface area contributed by atoms with E-state index in [-0.39, 0.29) is 11.5 Å². The number of hydrogen-bond donors (Lipinski definition) is 2. The fourth-order valence-corrected chi connectivity index (χ4v) is 4.89. The number of nitrogens with zero attached hydrogens (tertiary/aromatic N) is 4. The van der Waals surface area contributed by atoms with Gasteiger partial charge in [-0.2, -0.15) is 13.2 Å². The maximum absolute atomic E-state index is 13.9. The van der Waals surface area contributed by atoms with E-state index in [0.29, 0.717) is 23.0 Å². The zero-order valence-corrected chi connectivity index (χ0v) is 22.4. The molecule has 2 N–H and O–H groups in total. The second kappa shape index (κ2) is 10.6. The van der Waals surface area contributed by atoms with Crippen LogP contribution in [0.3, 0.4) is 0 Å². The van der Waals surface area contributed by atoms with Crippen LogP contribution in [-0.4, -0.2) is 32.6 Å². The Kier molecular flexibility index (Phi) is 6.82. The van der Waals surface area contributed by atoms with E-state index < -0.39 is 18.3 Å². The molecule has 41 heavy (non-hydrogen) atoms. The molecule has 1 aliphatic rings. The Morgan fingerprint density at radius 3 is 2.54 bits per heavy atom. The highest BCUT2D eigenvalue weighted by Crippen LogP contribution is 2.37. The van der Waals surface area contributed by atoms with Crippen molar-refractivity contribution in [2.45, 2.75) is 31.6 Å². The first-order chi connectivity index (χ1) is 19.8. The van der Waals surface area contributed by atoms with E-state index in [1.807, 2.05) is 41.9 Å². The average Bonchev–Trinajstić information content (AvgIpc) is 3.56. The predicted octanol–water partition coefficient (Wildman–Crippen LogP) is 7.09. The summed E-state index contributed by atoms with van der Waals surface area (Å²) in [4.78, 5) is 13.4. The number of aromatic nitrogens is 3. The van der Waals surface area contributed by atoms with Crippen molar-refractivity contribution in [2.75, 3.05) is 5.32 Å². The summed E-state index contributed by atoms with van der Waals surface area (Å²) in [7, 11) is 1.93. The molecule has 3 heterocycles. The topological polar surface area (TPSA) is 76.4 Å². The van der Waals surface area contributed by atoms with E-state index in [0.717, 1.165) is 23.1 Å². The van der Waals surface area contributed by atoms with Crippen molar-refractivity contribution in [3.8, 4) is 11.5 Å². The highest BCUT2D eigenvalue weighted by atomic mass is 19.4. The van der Waals surface area contributed by atoms with E-state index in [1.165, 1.54) is 11.8 Å². The Hall–Kier alpha value is -4.86. The Labute approximate surface area is 234 Å². The molecule has 0 amide bonds. The van der Waals surface area contributed by atoms with Gasteiger partial charge in [0, 0.05) is 31.1 Å². The fourth-order valence-electron chi connectivity index (χ4n) is 4.89. The maximum Gasteiger partial charge on any atom is 0.411 e. The van der Waals surface area contributed by atoms with Crippen LogP contribution < -0.4 is 15.4 Å². The van der Waals surface area contributed by atoms with Gasteiger partial charge >= 0.3 is 6.18 Å². The van der Waals surface area contributed by atoms with Gasteiger partial charge in [0.05, 0.1) is 11.0 Å². The van der Waals surface area contributed by atoms with Gasteiger partial charge in [0.15, 0.2) is 6.04 Å². The molecule has 208 valence electrons. The first kappa shape index (κ1) is 26.4. The minimum absolute atomic E-state index is 0.0645. The molecule has 6 rings (SSSR count). The summed E-state index contributed by atoms with van der Waals surface area (Å²) in [6, 6.07) is 22.4. The van der Waals surface area contributed by atoms with Crippen LogP contribution in [0.4, 0.5) is 24.8 Å². The van der Waals surface area contributed by atoms with Gasteiger partial charge < -0.3 is 19.9 Å². The monoisotopic (exact) mass is 556 g/mol. The van der Waals surface area contributed by atoms with Gasteiger partial charge in [-0.05, 0) is 47.9 Å². The first-order valence-electron chi connectivity index (χ1n) is 13.2. The summed E-state index contributed by atoms with van der Waals surface area (Å²) in [6.45, 7) is 2.11. The van der Waals surface area contributed by atoms with Crippen molar-refractivity contribution in [1.29, 1.82) is 0 Å². The quantitative estimate of drug-likeness (QED) is 0.224. The number of hydrogen-bond acceptors (Lipinski definition) is 6. The van der Waals surface area contributed by atoms with Gasteiger partial charge in [0.2, 0.25) is 5.95 Å². The summed E-state index contributed by atoms with van der Waals surface area (Å²) in [5, 5.41) is 5.91. The van der Waals surface area contributed by atoms with Gasteiger partial charge in [0.25, 0.3) is 0 Å². The van der Waals surface area contributed by atoms with Crippen LogP contribution in [0.1, 0.15) is 29.8 Å². The van der Waals surface area contributed by atoms with Crippen LogP contribution in [0.25, 0.3) is 11.0 Å². The third-order valence-corrected chi connectivity index (χ3v) is 7.02. The fraction of sp³-hybridized carbons (Fsp3) is 0.194. The van der Waals surface area contributed by atoms with Crippen LogP contribution in [0.5, 0.6) is 11.5 Å². The number of aliphatic imine (C=N–C) groups is 1. The summed E-state index contributed by atoms with van der Waals surface area (Å²) in [5.74, 6) is 1.70. The molecule has 1 aliphatic heterocycles. The third-order valence-electron chi connectivity index (χ3n) is 7.02. The van der Waals surface area contributed by atoms with Crippen molar-refractivity contribution < 1.29 is 17.9 Å². The molecular weight excluding hydrogens is 529 g/mol. The zero-order chi connectivity index (χ0) is 28.6. The summed E-state index contributed by atoms with van der Waals surface area (Å²) in [5.41, 5.74) is 4.56. The molecule has 0 bridgehead atoms. The smallest absolute Gasteiger partial charge is 0.411 e. The van der Waals surface area contributed by atoms with Crippen LogP contribution in [0.2, 0.25) is 0 Å². The Bertz CT molecular complexity index is 1730. The van der Waals surface area contributed by atoms with Crippen LogP contribution in [0.15, 0.2) is 96.1 Å². The van der Waals surface area contributed by atoms with E-state index in [4.69, 9.17) is 9.72 Å². The number of nitrogens with one attached hydrogen (secondary N) is 2. The number of halogens is 3. The van der Waals surface area contributed by atoms with E-state index in [2.05, 4.69) is 39.7 Å². The number of fused-ring (bicyclic) bond motifs is 1. The minimum atomic E-state index is -4.50. The molecule has 0 fully saturated rings. The maximum atomic E-state index is 13.9. The first-order valence-corrected chi connectivity index (χ1v) is 13.2. The number of rotatable bonds is 7. The number of anilines is 2. The lowest BCUT2D eigenvalue weighted by atomic mass is 10.0. The van der Waals surface area contributed by atoms with Crippen molar-refractivity contribution in [3.63, 3.8) is 0 Å². The van der Waals surface area contributed by atoms with Gasteiger partial charge in [-0.25, -0.2) is 4.98 Å². The van der Waals surface area contributed by atoms with Crippen molar-refractivity contribution >= 4 is 28.5 Å². The SMILES string of the molecule is CCc1cccc(Nc2nc3cc(Oc4ccnc(C5=NC(c6ccccc6)C(C(F)(F)F)N5)c4)ccc3n2C)c1. The molecule has 7 nitrogen and oxygen atoms in total. The molecule has 0 saturated carbocycles. The zero-order valence-electron chi connectivity index (χ0n) is 22.4. The molecular formula is C31H27F3N6O. The lowest BCUT2D eigenvalue weighted by molar-refractivity contribution is -0.154. The number of ether oxygens (including phenoxy) is 1. The predicted molar refractivity (Wildman–Crippen MR) is 153 cm³/mol. The van der Waals surface area contributed by atoms with E-state index >= 15 is 0 Å². The van der Waals surface area contributed by atoms with Gasteiger partial charge in [-0.1, -0.05) is 49.4 Å². The lowest BCUT2D eigenvalue weighted by Gasteiger charge is -2.21. The van der Waals surface area contributed by atoms with Crippen LogP contribution in [0, 0.1) is 0 Å². The van der Waals surface area contributed by atoms with Gasteiger partial charge in [-0.15, -0.1) is 0 Å². The molecule has 2 atom stereocenters. The summed E-state index contributed by atoms with van der Waals surface area (Å²) >= 11 is 0. The van der Waals surface area contributed by atoms with E-state index in [9.17, 15) is 13.2 Å². The normalized spacial score (nSPS) is 16.9. The van der Waals surface area contributed by atoms with Crippen LogP contribution in [-0.2, 0) is 13.5 Å². The second-order valence-electron chi connectivity index (χ2n) is 9.80. The summed E-state index contributed by atoms with van der Waals surface area (Å²) in [6.07, 6.45) is -2.07. The third kappa shape index (κ3) is 5.45. The average molecular weight is 557 g/mol. The molecule has 0 aliphatic carbocycles. The van der Waals surface area contributed by atoms with E-state index in [1.54, 1.807) is 42.5 Å². The van der Waals surface area contributed by atoms with Crippen molar-refractivity contribution in [2.24, 2.45) is 12.0 Å². The molecule has 5 aromatic rings. The minimum Gasteiger partial charge on any atom is -0.457 e. The standard InChI is InChI=1S/C31H27F3N6O/c1-3-19-8-7-11-21(16-19)36-30-37-24-17-22(12-13-26(24)40(30)2)41-23-14-15-35-25(18-23)29-38-27(20-9-5-4-6-10-20)28(39-29)31(32,33)34/h4-18,27-28H,3H2,1-2H3,(H,36,37)(H,38,39). The number of pyridine rings is 1. The number of amidine groups is 1. The molecule has 0 spiro atoms. The second-order valence-corrected chi connectivity index (χ2v) is 9.80. The lowest BCUT2D eigenvalue weighted by Crippen LogP contribution is -2.44. The highest BCUT2D eigenvalue weighted by molar-refractivity contribution is 5.99. The number of aryl methyl sites for hydroxylation is 2. The highest BCUT2D eigenvalue weighted by Gasteiger charge is 2.49. The van der Waals surface area contributed by atoms with Crippen molar-refractivity contribution in [1.82, 2.24) is 19.9 Å². The molecule has 2 unspecified atom stereocenters. The molecule has 2 aromatic heterocycles. The van der Waals surface area contributed by atoms with Crippen molar-refractivity contribution in [3.05, 3.63) is 108 Å². The molecule has 3 aromatic carbocycles. The number of benzene rings is 3. The summed E-state index contributed by atoms with van der Waals surface area (Å²) < 4.78 is 49.7. The largest absolute Gasteiger partial charge is 0.457 e. The van der Waals surface area contributed by atoms with Gasteiger partial charge in [0.1, 0.15) is 29.1 Å². The Morgan fingerprint density at radius 1 is 0.951 bits per heavy atom. The Morgan fingerprint density at radius 2 is 1.76 bits per heavy atom. The molecule has 0 saturated heterocycles. The number of alkyl halides is 3. The Balaban J connectivity index is 1.24. The molecule has 10 heteroatoms. The molecule has 0 radical (unpaired) electrons.